The van der Waals surface area contributed by atoms with E-state index in [2.05, 4.69) is 38.6 Å². The number of guanidine groups is 1. The Labute approximate surface area is 127 Å². The average molecular weight is 290 g/mol. The second-order valence-electron chi connectivity index (χ2n) is 5.37. The molecular weight excluding hydrogens is 264 g/mol. The summed E-state index contributed by atoms with van der Waals surface area (Å²) < 4.78 is 0. The molecule has 0 radical (unpaired) electrons. The van der Waals surface area contributed by atoms with E-state index in [4.69, 9.17) is 5.73 Å². The number of hydrogen-bond acceptors (Lipinski definition) is 4. The van der Waals surface area contributed by atoms with Crippen molar-refractivity contribution in [2.75, 3.05) is 37.6 Å². The number of anilines is 1. The molecule has 2 heterocycles. The number of hydrogen-bond donors (Lipinski definition) is 1. The van der Waals surface area contributed by atoms with Gasteiger partial charge in [-0.25, -0.2) is 9.97 Å². The molecule has 6 nitrogen and oxygen atoms in total. The summed E-state index contributed by atoms with van der Waals surface area (Å²) in [6.07, 6.45) is 5.94. The molecule has 0 bridgehead atoms. The quantitative estimate of drug-likeness (QED) is 0.655. The van der Waals surface area contributed by atoms with Gasteiger partial charge in [0.1, 0.15) is 0 Å². The third-order valence-corrected chi connectivity index (χ3v) is 3.95. The highest BCUT2D eigenvalue weighted by Gasteiger charge is 2.21. The lowest BCUT2D eigenvalue weighted by Crippen LogP contribution is -2.40. The first-order chi connectivity index (χ1) is 10.2. The van der Waals surface area contributed by atoms with Gasteiger partial charge in [0.15, 0.2) is 5.96 Å². The lowest BCUT2D eigenvalue weighted by atomic mass is 9.98. The Morgan fingerprint density at radius 2 is 2.10 bits per heavy atom. The van der Waals surface area contributed by atoms with Crippen molar-refractivity contribution in [1.29, 1.82) is 0 Å². The lowest BCUT2D eigenvalue weighted by molar-refractivity contribution is 0.412. The number of aromatic nitrogens is 2. The first kappa shape index (κ1) is 15.5. The van der Waals surface area contributed by atoms with E-state index in [0.717, 1.165) is 45.1 Å². The Balaban J connectivity index is 1.91. The van der Waals surface area contributed by atoms with Crippen LogP contribution >= 0.6 is 0 Å². The van der Waals surface area contributed by atoms with Gasteiger partial charge in [-0.3, -0.25) is 4.99 Å². The maximum absolute atomic E-state index is 6.04. The molecule has 1 saturated heterocycles. The van der Waals surface area contributed by atoms with Gasteiger partial charge in [-0.2, -0.15) is 0 Å². The molecule has 0 amide bonds. The Morgan fingerprint density at radius 1 is 1.38 bits per heavy atom. The van der Waals surface area contributed by atoms with Gasteiger partial charge in [0.2, 0.25) is 5.95 Å². The minimum absolute atomic E-state index is 0.525. The van der Waals surface area contributed by atoms with Gasteiger partial charge in [-0.05, 0) is 38.7 Å². The first-order valence-electron chi connectivity index (χ1n) is 7.81. The smallest absolute Gasteiger partial charge is 0.225 e. The van der Waals surface area contributed by atoms with E-state index < -0.39 is 0 Å². The number of rotatable bonds is 5. The van der Waals surface area contributed by atoms with Crippen LogP contribution in [-0.2, 0) is 0 Å². The van der Waals surface area contributed by atoms with Gasteiger partial charge in [-0.1, -0.05) is 0 Å². The SMILES string of the molecule is CCN(CC)C(N)=NCC1CCCN(c2ncccn2)C1. The Hall–Kier alpha value is -1.85. The summed E-state index contributed by atoms with van der Waals surface area (Å²) in [6, 6.07) is 1.85. The number of nitrogens with two attached hydrogens (primary N) is 1. The molecule has 2 rings (SSSR count). The van der Waals surface area contributed by atoms with Crippen molar-refractivity contribution in [1.82, 2.24) is 14.9 Å². The minimum Gasteiger partial charge on any atom is -0.370 e. The van der Waals surface area contributed by atoms with Crippen molar-refractivity contribution in [2.24, 2.45) is 16.6 Å². The molecular formula is C15H26N6. The molecule has 1 aliphatic rings. The summed E-state index contributed by atoms with van der Waals surface area (Å²) in [6.45, 7) is 8.77. The molecule has 1 fully saturated rings. The maximum Gasteiger partial charge on any atom is 0.225 e. The van der Waals surface area contributed by atoms with Crippen molar-refractivity contribution in [3.05, 3.63) is 18.5 Å². The van der Waals surface area contributed by atoms with Crippen LogP contribution in [0.5, 0.6) is 0 Å². The van der Waals surface area contributed by atoms with Gasteiger partial charge < -0.3 is 15.5 Å². The van der Waals surface area contributed by atoms with Gasteiger partial charge >= 0.3 is 0 Å². The van der Waals surface area contributed by atoms with E-state index in [9.17, 15) is 0 Å². The van der Waals surface area contributed by atoms with Crippen LogP contribution < -0.4 is 10.6 Å². The van der Waals surface area contributed by atoms with E-state index in [1.165, 1.54) is 6.42 Å². The van der Waals surface area contributed by atoms with Crippen molar-refractivity contribution >= 4 is 11.9 Å². The molecule has 0 spiro atoms. The average Bonchev–Trinajstić information content (AvgIpc) is 2.55. The third-order valence-electron chi connectivity index (χ3n) is 3.95. The summed E-state index contributed by atoms with van der Waals surface area (Å²) in [7, 11) is 0. The summed E-state index contributed by atoms with van der Waals surface area (Å²) in [5.74, 6) is 2.01. The Bertz CT molecular complexity index is 443. The van der Waals surface area contributed by atoms with Gasteiger partial charge in [0, 0.05) is 45.1 Å². The van der Waals surface area contributed by atoms with E-state index >= 15 is 0 Å². The molecule has 0 aliphatic carbocycles. The summed E-state index contributed by atoms with van der Waals surface area (Å²) in [5, 5.41) is 0. The zero-order valence-corrected chi connectivity index (χ0v) is 13.1. The maximum atomic E-state index is 6.04. The molecule has 6 heteroatoms. The van der Waals surface area contributed by atoms with Crippen LogP contribution in [0.15, 0.2) is 23.5 Å². The number of aliphatic imine (C=N–C) groups is 1. The molecule has 0 saturated carbocycles. The highest BCUT2D eigenvalue weighted by molar-refractivity contribution is 5.78. The predicted octanol–water partition coefficient (Wildman–Crippen LogP) is 1.35. The van der Waals surface area contributed by atoms with E-state index in [-0.39, 0.29) is 0 Å². The zero-order chi connectivity index (χ0) is 15.1. The monoisotopic (exact) mass is 290 g/mol. The molecule has 1 atom stereocenters. The Kier molecular flexibility index (Phi) is 5.78. The lowest BCUT2D eigenvalue weighted by Gasteiger charge is -2.32. The summed E-state index contributed by atoms with van der Waals surface area (Å²) in [5.41, 5.74) is 6.04. The van der Waals surface area contributed by atoms with Gasteiger partial charge in [-0.15, -0.1) is 0 Å². The van der Waals surface area contributed by atoms with Crippen LogP contribution in [-0.4, -0.2) is 53.6 Å². The van der Waals surface area contributed by atoms with Crippen LogP contribution in [0, 0.1) is 5.92 Å². The molecule has 2 N–H and O–H groups in total. The van der Waals surface area contributed by atoms with Crippen molar-refractivity contribution in [3.8, 4) is 0 Å². The largest absolute Gasteiger partial charge is 0.370 e. The normalized spacial score (nSPS) is 19.6. The predicted molar refractivity (Wildman–Crippen MR) is 86.4 cm³/mol. The van der Waals surface area contributed by atoms with Gasteiger partial charge in [0.05, 0.1) is 0 Å². The number of nitrogens with zero attached hydrogens (tertiary/aromatic N) is 5. The van der Waals surface area contributed by atoms with E-state index in [0.29, 0.717) is 11.9 Å². The van der Waals surface area contributed by atoms with Crippen molar-refractivity contribution < 1.29 is 0 Å². The highest BCUT2D eigenvalue weighted by Crippen LogP contribution is 2.20. The van der Waals surface area contributed by atoms with Gasteiger partial charge in [0.25, 0.3) is 0 Å². The van der Waals surface area contributed by atoms with Crippen molar-refractivity contribution in [2.45, 2.75) is 26.7 Å². The van der Waals surface area contributed by atoms with Crippen LogP contribution in [0.25, 0.3) is 0 Å². The molecule has 1 aromatic rings. The summed E-state index contributed by atoms with van der Waals surface area (Å²) >= 11 is 0. The van der Waals surface area contributed by atoms with E-state index in [1.807, 2.05) is 6.07 Å². The second kappa shape index (κ2) is 7.81. The Morgan fingerprint density at radius 3 is 2.76 bits per heavy atom. The fraction of sp³-hybridized carbons (Fsp3) is 0.667. The molecule has 0 aromatic carbocycles. The van der Waals surface area contributed by atoms with E-state index in [1.54, 1.807) is 12.4 Å². The molecule has 1 unspecified atom stereocenters. The summed E-state index contributed by atoms with van der Waals surface area (Å²) in [4.78, 5) is 17.6. The molecule has 116 valence electrons. The topological polar surface area (TPSA) is 70.6 Å². The fourth-order valence-corrected chi connectivity index (χ4v) is 2.72. The minimum atomic E-state index is 0.525. The standard InChI is InChI=1S/C15H26N6/c1-3-20(4-2)14(16)19-11-13-7-5-10-21(12-13)15-17-8-6-9-18-15/h6,8-9,13H,3-5,7,10-12H2,1-2H3,(H2,16,19). The molecule has 1 aliphatic heterocycles. The second-order valence-corrected chi connectivity index (χ2v) is 5.37. The highest BCUT2D eigenvalue weighted by atomic mass is 15.3. The first-order valence-corrected chi connectivity index (χ1v) is 7.81. The third kappa shape index (κ3) is 4.31. The van der Waals surface area contributed by atoms with Crippen LogP contribution in [0.1, 0.15) is 26.7 Å². The van der Waals surface area contributed by atoms with Crippen LogP contribution in [0.2, 0.25) is 0 Å². The molecule has 21 heavy (non-hydrogen) atoms. The fourth-order valence-electron chi connectivity index (χ4n) is 2.72. The van der Waals surface area contributed by atoms with Crippen LogP contribution in [0.3, 0.4) is 0 Å². The molecule has 1 aromatic heterocycles. The number of piperidine rings is 1. The van der Waals surface area contributed by atoms with Crippen molar-refractivity contribution in [3.63, 3.8) is 0 Å². The van der Waals surface area contributed by atoms with Crippen LogP contribution in [0.4, 0.5) is 5.95 Å². The zero-order valence-electron chi connectivity index (χ0n) is 13.1.